The number of nitrogens with zero attached hydrogens (tertiary/aromatic N) is 3. The first-order valence-electron chi connectivity index (χ1n) is 5.22. The highest BCUT2D eigenvalue weighted by Crippen LogP contribution is 2.15. The van der Waals surface area contributed by atoms with E-state index < -0.39 is 6.04 Å². The van der Waals surface area contributed by atoms with E-state index >= 15 is 0 Å². The Bertz CT molecular complexity index is 462. The molecule has 0 aliphatic carbocycles. The molecule has 2 amide bonds. The molecule has 1 aliphatic heterocycles. The van der Waals surface area contributed by atoms with Gasteiger partial charge in [-0.1, -0.05) is 0 Å². The van der Waals surface area contributed by atoms with Gasteiger partial charge >= 0.3 is 0 Å². The molecule has 1 atom stereocenters. The summed E-state index contributed by atoms with van der Waals surface area (Å²) in [5.74, 6) is 0.297. The number of rotatable bonds is 2. The third-order valence-electron chi connectivity index (χ3n) is 2.62. The standard InChI is InChI=1S/C10H13N5O2/c1-15-9(16)3-2-6(10(15)17)13-8-5-12-4-7(11)14-8/h4-6H,2-3H2,1H3,(H3,11,13,14). The number of carbonyl (C=O) groups is 2. The Kier molecular flexibility index (Phi) is 2.90. The normalized spacial score (nSPS) is 20.5. The molecule has 7 heteroatoms. The zero-order valence-electron chi connectivity index (χ0n) is 9.38. The van der Waals surface area contributed by atoms with Crippen molar-refractivity contribution in [2.24, 2.45) is 0 Å². The van der Waals surface area contributed by atoms with E-state index in [2.05, 4.69) is 15.3 Å². The second-order valence-corrected chi connectivity index (χ2v) is 3.86. The topological polar surface area (TPSA) is 101 Å². The van der Waals surface area contributed by atoms with E-state index in [1.807, 2.05) is 0 Å². The monoisotopic (exact) mass is 235 g/mol. The van der Waals surface area contributed by atoms with Gasteiger partial charge in [0.15, 0.2) is 0 Å². The van der Waals surface area contributed by atoms with Crippen molar-refractivity contribution >= 4 is 23.5 Å². The molecular weight excluding hydrogens is 222 g/mol. The van der Waals surface area contributed by atoms with Crippen molar-refractivity contribution in [2.45, 2.75) is 18.9 Å². The lowest BCUT2D eigenvalue weighted by atomic mass is 10.0. The van der Waals surface area contributed by atoms with Crippen molar-refractivity contribution in [2.75, 3.05) is 18.1 Å². The van der Waals surface area contributed by atoms with E-state index in [1.165, 1.54) is 19.4 Å². The fraction of sp³-hybridized carbons (Fsp3) is 0.400. The van der Waals surface area contributed by atoms with Crippen molar-refractivity contribution < 1.29 is 9.59 Å². The molecular formula is C10H13N5O2. The fourth-order valence-corrected chi connectivity index (χ4v) is 1.68. The van der Waals surface area contributed by atoms with Crippen LogP contribution in [0.2, 0.25) is 0 Å². The Hall–Kier alpha value is -2.18. The second-order valence-electron chi connectivity index (χ2n) is 3.86. The number of hydrogen-bond donors (Lipinski definition) is 2. The van der Waals surface area contributed by atoms with Crippen molar-refractivity contribution in [3.63, 3.8) is 0 Å². The van der Waals surface area contributed by atoms with Gasteiger partial charge in [0.1, 0.15) is 17.7 Å². The Labute approximate surface area is 98.0 Å². The van der Waals surface area contributed by atoms with Crippen molar-refractivity contribution in [3.8, 4) is 0 Å². The van der Waals surface area contributed by atoms with Gasteiger partial charge in [-0.3, -0.25) is 19.5 Å². The SMILES string of the molecule is CN1C(=O)CCC(Nc2cncc(N)n2)C1=O. The van der Waals surface area contributed by atoms with Crippen LogP contribution in [0.3, 0.4) is 0 Å². The van der Waals surface area contributed by atoms with Gasteiger partial charge in [-0.05, 0) is 6.42 Å². The van der Waals surface area contributed by atoms with Crippen LogP contribution in [0.4, 0.5) is 11.6 Å². The van der Waals surface area contributed by atoms with E-state index in [1.54, 1.807) is 0 Å². The van der Waals surface area contributed by atoms with E-state index in [9.17, 15) is 9.59 Å². The van der Waals surface area contributed by atoms with E-state index in [4.69, 9.17) is 5.73 Å². The van der Waals surface area contributed by atoms with Crippen LogP contribution in [0.25, 0.3) is 0 Å². The van der Waals surface area contributed by atoms with E-state index in [0.29, 0.717) is 18.7 Å². The largest absolute Gasteiger partial charge is 0.382 e. The summed E-state index contributed by atoms with van der Waals surface area (Å²) in [6, 6.07) is -0.450. The van der Waals surface area contributed by atoms with Crippen molar-refractivity contribution in [3.05, 3.63) is 12.4 Å². The molecule has 3 N–H and O–H groups in total. The Morgan fingerprint density at radius 2 is 2.24 bits per heavy atom. The molecule has 1 saturated heterocycles. The van der Waals surface area contributed by atoms with Crippen LogP contribution in [-0.4, -0.2) is 39.8 Å². The van der Waals surface area contributed by atoms with Crippen LogP contribution in [0.5, 0.6) is 0 Å². The lowest BCUT2D eigenvalue weighted by molar-refractivity contribution is -0.146. The van der Waals surface area contributed by atoms with Crippen molar-refractivity contribution in [1.82, 2.24) is 14.9 Å². The highest BCUT2D eigenvalue weighted by atomic mass is 16.2. The van der Waals surface area contributed by atoms with Crippen LogP contribution in [-0.2, 0) is 9.59 Å². The van der Waals surface area contributed by atoms with Gasteiger partial charge in [0.2, 0.25) is 5.91 Å². The number of carbonyl (C=O) groups excluding carboxylic acids is 2. The molecule has 7 nitrogen and oxygen atoms in total. The fourth-order valence-electron chi connectivity index (χ4n) is 1.68. The van der Waals surface area contributed by atoms with E-state index in [-0.39, 0.29) is 17.6 Å². The summed E-state index contributed by atoms with van der Waals surface area (Å²) < 4.78 is 0. The smallest absolute Gasteiger partial charge is 0.251 e. The highest BCUT2D eigenvalue weighted by molar-refractivity contribution is 6.01. The molecule has 0 radical (unpaired) electrons. The second kappa shape index (κ2) is 4.36. The van der Waals surface area contributed by atoms with Gasteiger partial charge in [-0.2, -0.15) is 0 Å². The first-order valence-corrected chi connectivity index (χ1v) is 5.22. The first-order chi connectivity index (χ1) is 8.08. The van der Waals surface area contributed by atoms with Crippen LogP contribution in [0, 0.1) is 0 Å². The maximum atomic E-state index is 11.8. The summed E-state index contributed by atoms with van der Waals surface area (Å²) in [5.41, 5.74) is 5.48. The Morgan fingerprint density at radius 3 is 2.94 bits per heavy atom. The molecule has 1 unspecified atom stereocenters. The number of aromatic nitrogens is 2. The molecule has 0 aromatic carbocycles. The Balaban J connectivity index is 2.09. The maximum absolute atomic E-state index is 11.8. The number of piperidine rings is 1. The minimum absolute atomic E-state index is 0.160. The summed E-state index contributed by atoms with van der Waals surface area (Å²) in [7, 11) is 1.48. The number of nitrogens with one attached hydrogen (secondary N) is 1. The molecule has 0 bridgehead atoms. The maximum Gasteiger partial charge on any atom is 0.251 e. The lowest BCUT2D eigenvalue weighted by Crippen LogP contribution is -2.48. The summed E-state index contributed by atoms with van der Waals surface area (Å²) in [4.78, 5) is 32.1. The number of likely N-dealkylation sites (N-methyl/N-ethyl adjacent to an activating group) is 1. The lowest BCUT2D eigenvalue weighted by Gasteiger charge is -2.28. The quantitative estimate of drug-likeness (QED) is 0.677. The molecule has 2 heterocycles. The van der Waals surface area contributed by atoms with Gasteiger partial charge in [0.05, 0.1) is 12.4 Å². The molecule has 17 heavy (non-hydrogen) atoms. The number of nitrogens with two attached hydrogens (primary N) is 1. The van der Waals surface area contributed by atoms with Gasteiger partial charge in [0, 0.05) is 13.5 Å². The number of likely N-dealkylation sites (tertiary alicyclic amines) is 1. The molecule has 1 fully saturated rings. The number of nitrogen functional groups attached to an aromatic ring is 1. The molecule has 0 spiro atoms. The first kappa shape index (κ1) is 11.3. The Morgan fingerprint density at radius 1 is 1.47 bits per heavy atom. The van der Waals surface area contributed by atoms with Crippen LogP contribution >= 0.6 is 0 Å². The molecule has 0 saturated carbocycles. The van der Waals surface area contributed by atoms with Gasteiger partial charge in [-0.25, -0.2) is 4.98 Å². The number of imide groups is 1. The van der Waals surface area contributed by atoms with Gasteiger partial charge in [-0.15, -0.1) is 0 Å². The van der Waals surface area contributed by atoms with Crippen LogP contribution in [0.1, 0.15) is 12.8 Å². The third kappa shape index (κ3) is 2.32. The third-order valence-corrected chi connectivity index (χ3v) is 2.62. The summed E-state index contributed by atoms with van der Waals surface area (Å²) in [6.45, 7) is 0. The predicted molar refractivity (Wildman–Crippen MR) is 60.9 cm³/mol. The zero-order valence-corrected chi connectivity index (χ0v) is 9.38. The average Bonchev–Trinajstić information content (AvgIpc) is 2.30. The minimum Gasteiger partial charge on any atom is -0.382 e. The highest BCUT2D eigenvalue weighted by Gasteiger charge is 2.31. The summed E-state index contributed by atoms with van der Waals surface area (Å²) >= 11 is 0. The average molecular weight is 235 g/mol. The molecule has 90 valence electrons. The van der Waals surface area contributed by atoms with Gasteiger partial charge in [0.25, 0.3) is 5.91 Å². The molecule has 2 rings (SSSR count). The summed E-state index contributed by atoms with van der Waals surface area (Å²) in [5, 5.41) is 2.93. The summed E-state index contributed by atoms with van der Waals surface area (Å²) in [6.07, 6.45) is 3.71. The van der Waals surface area contributed by atoms with Crippen molar-refractivity contribution in [1.29, 1.82) is 0 Å². The minimum atomic E-state index is -0.450. The van der Waals surface area contributed by atoms with Crippen LogP contribution in [0.15, 0.2) is 12.4 Å². The van der Waals surface area contributed by atoms with Crippen LogP contribution < -0.4 is 11.1 Å². The molecule has 1 aromatic heterocycles. The predicted octanol–water partition coefficient (Wildman–Crippen LogP) is -0.382. The zero-order chi connectivity index (χ0) is 12.4. The van der Waals surface area contributed by atoms with E-state index in [0.717, 1.165) is 4.90 Å². The molecule has 1 aromatic rings. The number of anilines is 2. The number of hydrogen-bond acceptors (Lipinski definition) is 6. The van der Waals surface area contributed by atoms with Gasteiger partial charge < -0.3 is 11.1 Å². The molecule has 1 aliphatic rings. The number of amides is 2.